The Hall–Kier alpha value is -3.63. The molecule has 1 heterocycles. The number of phenols is 1. The van der Waals surface area contributed by atoms with Gasteiger partial charge in [0.1, 0.15) is 23.7 Å². The number of hydrogen-bond donors (Lipinski definition) is 5. The lowest BCUT2D eigenvalue weighted by Crippen LogP contribution is -2.49. The number of rotatable bonds is 10. The fourth-order valence-corrected chi connectivity index (χ4v) is 4.42. The number of amides is 1. The Morgan fingerprint density at radius 3 is 2.29 bits per heavy atom. The molecule has 1 saturated heterocycles. The lowest BCUT2D eigenvalue weighted by Gasteiger charge is -2.34. The number of carbonyl (C=O) groups is 2. The number of likely N-dealkylation sites (tertiary alicyclic amines) is 1. The van der Waals surface area contributed by atoms with Crippen LogP contribution in [0.25, 0.3) is 0 Å². The highest BCUT2D eigenvalue weighted by atomic mass is 35.5. The molecule has 1 fully saturated rings. The Morgan fingerprint density at radius 2 is 1.71 bits per heavy atom. The summed E-state index contributed by atoms with van der Waals surface area (Å²) in [5.41, 5.74) is 0.926. The number of nitrogens with one attached hydrogen (secondary N) is 2. The predicted octanol–water partition coefficient (Wildman–Crippen LogP) is 4.77. The van der Waals surface area contributed by atoms with Crippen LogP contribution in [0.15, 0.2) is 72.8 Å². The third-order valence-electron chi connectivity index (χ3n) is 6.51. The van der Waals surface area contributed by atoms with Crippen LogP contribution >= 0.6 is 11.6 Å². The van der Waals surface area contributed by atoms with Gasteiger partial charge in [0.25, 0.3) is 0 Å². The first-order chi connectivity index (χ1) is 19.5. The molecule has 0 saturated carbocycles. The van der Waals surface area contributed by atoms with Crippen LogP contribution in [0, 0.1) is 0 Å². The first-order valence-electron chi connectivity index (χ1n) is 13.4. The van der Waals surface area contributed by atoms with Gasteiger partial charge in [0, 0.05) is 37.1 Å². The van der Waals surface area contributed by atoms with Gasteiger partial charge in [-0.1, -0.05) is 41.9 Å². The van der Waals surface area contributed by atoms with Crippen molar-refractivity contribution in [2.75, 3.05) is 31.6 Å². The minimum Gasteiger partial charge on any atom is -0.508 e. The zero-order valence-corrected chi connectivity index (χ0v) is 24.1. The van der Waals surface area contributed by atoms with Gasteiger partial charge in [-0.15, -0.1) is 0 Å². The maximum absolute atomic E-state index is 11.4. The molecule has 1 amide bonds. The number of anilines is 1. The van der Waals surface area contributed by atoms with Crippen molar-refractivity contribution >= 4 is 29.2 Å². The number of phenolic OH excluding ortho intramolecular Hbond substituents is 1. The summed E-state index contributed by atoms with van der Waals surface area (Å²) >= 11 is 5.96. The minimum absolute atomic E-state index is 0.0193. The summed E-state index contributed by atoms with van der Waals surface area (Å²) in [4.78, 5) is 24.0. The Balaban J connectivity index is 0.000000436. The first-order valence-corrected chi connectivity index (χ1v) is 13.8. The van der Waals surface area contributed by atoms with E-state index in [-0.39, 0.29) is 18.3 Å². The molecule has 0 spiro atoms. The maximum atomic E-state index is 11.4. The van der Waals surface area contributed by atoms with Crippen LogP contribution in [0.2, 0.25) is 5.02 Å². The lowest BCUT2D eigenvalue weighted by molar-refractivity contribution is -0.114. The van der Waals surface area contributed by atoms with Crippen molar-refractivity contribution in [3.05, 3.63) is 88.9 Å². The first kappa shape index (κ1) is 31.9. The second-order valence-corrected chi connectivity index (χ2v) is 10.8. The van der Waals surface area contributed by atoms with Crippen LogP contribution in [-0.4, -0.2) is 70.0 Å². The Labute approximate surface area is 245 Å². The van der Waals surface area contributed by atoms with Crippen molar-refractivity contribution in [2.24, 2.45) is 0 Å². The van der Waals surface area contributed by atoms with Gasteiger partial charge in [-0.05, 0) is 74.8 Å². The smallest absolute Gasteiger partial charge is 0.335 e. The molecule has 1 aliphatic rings. The predicted molar refractivity (Wildman–Crippen MR) is 160 cm³/mol. The number of aromatic carboxylic acids is 1. The zero-order chi connectivity index (χ0) is 29.8. The van der Waals surface area contributed by atoms with E-state index in [0.717, 1.165) is 37.5 Å². The van der Waals surface area contributed by atoms with Crippen molar-refractivity contribution in [2.45, 2.75) is 44.9 Å². The lowest BCUT2D eigenvalue weighted by atomic mass is 10.0. The van der Waals surface area contributed by atoms with Crippen molar-refractivity contribution in [3.63, 3.8) is 0 Å². The normalized spacial score (nSPS) is 15.2. The van der Waals surface area contributed by atoms with Crippen molar-refractivity contribution in [1.29, 1.82) is 0 Å². The number of carboxylic acids is 1. The fourth-order valence-electron chi connectivity index (χ4n) is 4.30. The van der Waals surface area contributed by atoms with Gasteiger partial charge in [0.2, 0.25) is 5.91 Å². The Morgan fingerprint density at radius 1 is 1.05 bits per heavy atom. The van der Waals surface area contributed by atoms with Gasteiger partial charge in [0.05, 0.1) is 11.3 Å². The van der Waals surface area contributed by atoms with E-state index >= 15 is 0 Å². The molecular formula is C31H38ClN3O6. The number of ether oxygens (including phenoxy) is 1. The third kappa shape index (κ3) is 11.4. The number of piperidine rings is 1. The van der Waals surface area contributed by atoms with Crippen molar-refractivity contribution in [3.8, 4) is 11.5 Å². The molecule has 3 aromatic carbocycles. The van der Waals surface area contributed by atoms with E-state index in [1.165, 1.54) is 24.6 Å². The van der Waals surface area contributed by atoms with Gasteiger partial charge in [-0.2, -0.15) is 0 Å². The maximum Gasteiger partial charge on any atom is 0.335 e. The second-order valence-electron chi connectivity index (χ2n) is 10.4. The largest absolute Gasteiger partial charge is 0.508 e. The summed E-state index contributed by atoms with van der Waals surface area (Å²) in [6, 6.07) is 21.1. The quantitative estimate of drug-likeness (QED) is 0.216. The molecule has 0 unspecified atom stereocenters. The number of benzene rings is 3. The molecule has 0 aliphatic carbocycles. The molecule has 5 N–H and O–H groups in total. The van der Waals surface area contributed by atoms with Gasteiger partial charge in [-0.3, -0.25) is 9.69 Å². The summed E-state index contributed by atoms with van der Waals surface area (Å²) in [6.45, 7) is 6.39. The summed E-state index contributed by atoms with van der Waals surface area (Å²) in [5, 5.41) is 35.7. The number of carbonyl (C=O) groups excluding carboxylic acids is 1. The van der Waals surface area contributed by atoms with Crippen molar-refractivity contribution in [1.82, 2.24) is 10.2 Å². The molecule has 9 nitrogen and oxygen atoms in total. The fraction of sp³-hybridized carbons (Fsp3) is 0.355. The average Bonchev–Trinajstić information content (AvgIpc) is 2.95. The van der Waals surface area contributed by atoms with E-state index in [0.29, 0.717) is 29.6 Å². The Kier molecular flexibility index (Phi) is 12.0. The molecule has 0 aromatic heterocycles. The van der Waals surface area contributed by atoms with Crippen molar-refractivity contribution < 1.29 is 29.6 Å². The molecule has 0 bridgehead atoms. The summed E-state index contributed by atoms with van der Waals surface area (Å²) in [7, 11) is 0. The monoisotopic (exact) mass is 583 g/mol. The van der Waals surface area contributed by atoms with Crippen LogP contribution in [0.3, 0.4) is 0 Å². The van der Waals surface area contributed by atoms with E-state index in [1.807, 2.05) is 12.1 Å². The number of halogens is 1. The van der Waals surface area contributed by atoms with Crippen LogP contribution in [0.1, 0.15) is 42.6 Å². The molecule has 0 radical (unpaired) electrons. The van der Waals surface area contributed by atoms with E-state index in [1.54, 1.807) is 43.3 Å². The van der Waals surface area contributed by atoms with Crippen LogP contribution in [0.4, 0.5) is 5.69 Å². The Bertz CT molecular complexity index is 1260. The van der Waals surface area contributed by atoms with Gasteiger partial charge >= 0.3 is 5.97 Å². The molecule has 220 valence electrons. The molecular weight excluding hydrogens is 546 g/mol. The highest BCUT2D eigenvalue weighted by Gasteiger charge is 2.26. The average molecular weight is 584 g/mol. The summed E-state index contributed by atoms with van der Waals surface area (Å²) in [6.07, 6.45) is 2.01. The minimum atomic E-state index is -1.11. The van der Waals surface area contributed by atoms with Crippen LogP contribution in [0.5, 0.6) is 11.5 Å². The summed E-state index contributed by atoms with van der Waals surface area (Å²) in [5.74, 6) is -0.778. The van der Waals surface area contributed by atoms with E-state index < -0.39 is 11.6 Å². The van der Waals surface area contributed by atoms with Gasteiger partial charge in [0.15, 0.2) is 0 Å². The SMILES string of the molecule is CC(=O)Nc1ccc(O)cc1OC[C@@](C)(O)CNC1CCN(Cc2ccc(Cl)cc2)CC1.O=C(O)c1ccccc1. The van der Waals surface area contributed by atoms with E-state index in [2.05, 4.69) is 27.7 Å². The van der Waals surface area contributed by atoms with Gasteiger partial charge in [-0.25, -0.2) is 4.79 Å². The topological polar surface area (TPSA) is 131 Å². The second kappa shape index (κ2) is 15.4. The third-order valence-corrected chi connectivity index (χ3v) is 6.77. The molecule has 4 rings (SSSR count). The number of aromatic hydroxyl groups is 1. The standard InChI is InChI=1S/C24H32ClN3O4.C7H6O2/c1-17(29)27-22-8-7-21(30)13-23(22)32-16-24(2,31)15-26-20-9-11-28(12-10-20)14-18-3-5-19(25)6-4-18;8-7(9)6-4-2-1-3-5-6/h3-8,13,20,26,30-31H,9-12,14-16H2,1-2H3,(H,27,29);1-5H,(H,8,9)/t24-;/m0./s1. The van der Waals surface area contributed by atoms with Crippen LogP contribution < -0.4 is 15.4 Å². The van der Waals surface area contributed by atoms with E-state index in [4.69, 9.17) is 21.4 Å². The summed E-state index contributed by atoms with van der Waals surface area (Å²) < 4.78 is 5.73. The van der Waals surface area contributed by atoms with Gasteiger partial charge < -0.3 is 30.7 Å². The number of carboxylic acid groups (broad SMARTS) is 1. The number of hydrogen-bond acceptors (Lipinski definition) is 7. The van der Waals surface area contributed by atoms with E-state index in [9.17, 15) is 19.8 Å². The highest BCUT2D eigenvalue weighted by molar-refractivity contribution is 6.30. The molecule has 10 heteroatoms. The molecule has 1 aliphatic heterocycles. The number of aliphatic hydroxyl groups is 1. The number of nitrogens with zero attached hydrogens (tertiary/aromatic N) is 1. The zero-order valence-electron chi connectivity index (χ0n) is 23.3. The molecule has 3 aromatic rings. The molecule has 41 heavy (non-hydrogen) atoms. The highest BCUT2D eigenvalue weighted by Crippen LogP contribution is 2.29. The molecule has 1 atom stereocenters. The van der Waals surface area contributed by atoms with Crippen LogP contribution in [-0.2, 0) is 11.3 Å².